The Morgan fingerprint density at radius 2 is 2.27 bits per heavy atom. The molecule has 1 rings (SSSR count). The van der Waals surface area contributed by atoms with Crippen molar-refractivity contribution in [2.75, 3.05) is 0 Å². The predicted octanol–water partition coefficient (Wildman–Crippen LogP) is 3.40. The van der Waals surface area contributed by atoms with E-state index in [1.807, 2.05) is 19.1 Å². The highest BCUT2D eigenvalue weighted by Gasteiger charge is 2.12. The van der Waals surface area contributed by atoms with Crippen molar-refractivity contribution in [3.05, 3.63) is 29.6 Å². The van der Waals surface area contributed by atoms with Gasteiger partial charge in [-0.3, -0.25) is 9.78 Å². The molecule has 2 nitrogen and oxygen atoms in total. The van der Waals surface area contributed by atoms with Crippen molar-refractivity contribution in [3.63, 3.8) is 0 Å². The van der Waals surface area contributed by atoms with Crippen LogP contribution < -0.4 is 0 Å². The van der Waals surface area contributed by atoms with Crippen LogP contribution in [0, 0.1) is 12.8 Å². The topological polar surface area (TPSA) is 30.0 Å². The fraction of sp³-hybridized carbons (Fsp3) is 0.538. The van der Waals surface area contributed by atoms with E-state index in [1.165, 1.54) is 0 Å². The van der Waals surface area contributed by atoms with Crippen molar-refractivity contribution in [2.45, 2.75) is 40.0 Å². The maximum atomic E-state index is 11.9. The van der Waals surface area contributed by atoms with E-state index in [9.17, 15) is 4.79 Å². The van der Waals surface area contributed by atoms with Gasteiger partial charge in [-0.05, 0) is 25.0 Å². The maximum Gasteiger partial charge on any atom is 0.164 e. The lowest BCUT2D eigenvalue weighted by Gasteiger charge is -2.09. The Hall–Kier alpha value is -1.18. The largest absolute Gasteiger partial charge is 0.294 e. The third kappa shape index (κ3) is 3.46. The average Bonchev–Trinajstić information content (AvgIpc) is 2.18. The molecule has 1 aromatic heterocycles. The number of ketones is 1. The van der Waals surface area contributed by atoms with Crippen molar-refractivity contribution in [1.29, 1.82) is 0 Å². The Bertz CT molecular complexity index is 333. The molecular weight excluding hydrogens is 186 g/mol. The highest BCUT2D eigenvalue weighted by molar-refractivity contribution is 5.97. The van der Waals surface area contributed by atoms with Gasteiger partial charge < -0.3 is 0 Å². The molecule has 2 heteroatoms. The number of aromatic nitrogens is 1. The van der Waals surface area contributed by atoms with Crippen LogP contribution in [-0.4, -0.2) is 10.8 Å². The number of hydrogen-bond donors (Lipinski definition) is 0. The standard InChI is InChI=1S/C13H19NO/c1-4-6-10(2)9-13(15)12-7-5-8-14-11(12)3/h5,7-8,10H,4,6,9H2,1-3H3. The second kappa shape index (κ2) is 5.64. The summed E-state index contributed by atoms with van der Waals surface area (Å²) in [5.41, 5.74) is 1.62. The second-order valence-electron chi connectivity index (χ2n) is 4.16. The molecule has 0 aliphatic rings. The number of carbonyl (C=O) groups excluding carboxylic acids is 1. The fourth-order valence-corrected chi connectivity index (χ4v) is 1.80. The van der Waals surface area contributed by atoms with Crippen molar-refractivity contribution < 1.29 is 4.79 Å². The van der Waals surface area contributed by atoms with Gasteiger partial charge in [0.1, 0.15) is 0 Å². The van der Waals surface area contributed by atoms with E-state index >= 15 is 0 Å². The van der Waals surface area contributed by atoms with Gasteiger partial charge in [-0.2, -0.15) is 0 Å². The number of aryl methyl sites for hydroxylation is 1. The van der Waals surface area contributed by atoms with Crippen LogP contribution in [-0.2, 0) is 0 Å². The zero-order valence-electron chi connectivity index (χ0n) is 9.79. The summed E-state index contributed by atoms with van der Waals surface area (Å²) in [6, 6.07) is 3.69. The molecule has 1 unspecified atom stereocenters. The number of hydrogen-bond acceptors (Lipinski definition) is 2. The summed E-state index contributed by atoms with van der Waals surface area (Å²) < 4.78 is 0. The van der Waals surface area contributed by atoms with Crippen molar-refractivity contribution in [1.82, 2.24) is 4.98 Å². The summed E-state index contributed by atoms with van der Waals surface area (Å²) >= 11 is 0. The van der Waals surface area contributed by atoms with Gasteiger partial charge in [0.05, 0.1) is 0 Å². The lowest BCUT2D eigenvalue weighted by atomic mass is 9.96. The molecule has 15 heavy (non-hydrogen) atoms. The molecule has 1 heterocycles. The molecule has 0 spiro atoms. The van der Waals surface area contributed by atoms with Gasteiger partial charge >= 0.3 is 0 Å². The molecule has 0 saturated heterocycles. The summed E-state index contributed by atoms with van der Waals surface area (Å²) in [4.78, 5) is 16.0. The first kappa shape index (κ1) is 11.9. The molecule has 0 radical (unpaired) electrons. The zero-order chi connectivity index (χ0) is 11.3. The second-order valence-corrected chi connectivity index (χ2v) is 4.16. The molecule has 0 N–H and O–H groups in total. The summed E-state index contributed by atoms with van der Waals surface area (Å²) in [6.45, 7) is 6.17. The Balaban J connectivity index is 2.65. The molecule has 1 atom stereocenters. The summed E-state index contributed by atoms with van der Waals surface area (Å²) in [5, 5.41) is 0. The SMILES string of the molecule is CCCC(C)CC(=O)c1cccnc1C. The van der Waals surface area contributed by atoms with Crippen molar-refractivity contribution in [2.24, 2.45) is 5.92 Å². The molecule has 1 aromatic rings. The lowest BCUT2D eigenvalue weighted by molar-refractivity contribution is 0.0961. The van der Waals surface area contributed by atoms with Crippen LogP contribution in [0.25, 0.3) is 0 Å². The van der Waals surface area contributed by atoms with Crippen LogP contribution in [0.1, 0.15) is 49.2 Å². The first-order chi connectivity index (χ1) is 7.15. The van der Waals surface area contributed by atoms with Crippen LogP contribution in [0.2, 0.25) is 0 Å². The number of rotatable bonds is 5. The molecular formula is C13H19NO. The Kier molecular flexibility index (Phi) is 4.47. The molecule has 82 valence electrons. The quantitative estimate of drug-likeness (QED) is 0.689. The van der Waals surface area contributed by atoms with Crippen molar-refractivity contribution >= 4 is 5.78 Å². The van der Waals surface area contributed by atoms with Crippen LogP contribution in [0.15, 0.2) is 18.3 Å². The normalized spacial score (nSPS) is 12.5. The summed E-state index contributed by atoms with van der Waals surface area (Å²) in [7, 11) is 0. The van der Waals surface area contributed by atoms with Gasteiger partial charge in [-0.25, -0.2) is 0 Å². The van der Waals surface area contributed by atoms with Crippen LogP contribution in [0.5, 0.6) is 0 Å². The maximum absolute atomic E-state index is 11.9. The first-order valence-electron chi connectivity index (χ1n) is 5.60. The highest BCUT2D eigenvalue weighted by Crippen LogP contribution is 2.15. The van der Waals surface area contributed by atoms with Gasteiger partial charge in [0.25, 0.3) is 0 Å². The fourth-order valence-electron chi connectivity index (χ4n) is 1.80. The minimum atomic E-state index is 0.224. The molecule has 0 aliphatic carbocycles. The smallest absolute Gasteiger partial charge is 0.164 e. The molecule has 0 aliphatic heterocycles. The Morgan fingerprint density at radius 3 is 2.87 bits per heavy atom. The molecule has 0 amide bonds. The minimum Gasteiger partial charge on any atom is -0.294 e. The zero-order valence-corrected chi connectivity index (χ0v) is 9.79. The van der Waals surface area contributed by atoms with Crippen LogP contribution in [0.3, 0.4) is 0 Å². The number of pyridine rings is 1. The van der Waals surface area contributed by atoms with E-state index in [1.54, 1.807) is 6.20 Å². The first-order valence-corrected chi connectivity index (χ1v) is 5.60. The lowest BCUT2D eigenvalue weighted by Crippen LogP contribution is -2.08. The highest BCUT2D eigenvalue weighted by atomic mass is 16.1. The van der Waals surface area contributed by atoms with E-state index in [0.29, 0.717) is 12.3 Å². The third-order valence-electron chi connectivity index (χ3n) is 2.62. The molecule has 0 saturated carbocycles. The average molecular weight is 205 g/mol. The minimum absolute atomic E-state index is 0.224. The van der Waals surface area contributed by atoms with E-state index in [2.05, 4.69) is 18.8 Å². The van der Waals surface area contributed by atoms with E-state index in [4.69, 9.17) is 0 Å². The Morgan fingerprint density at radius 1 is 1.53 bits per heavy atom. The monoisotopic (exact) mass is 205 g/mol. The van der Waals surface area contributed by atoms with Gasteiger partial charge in [-0.15, -0.1) is 0 Å². The number of nitrogens with zero attached hydrogens (tertiary/aromatic N) is 1. The molecule has 0 fully saturated rings. The van der Waals surface area contributed by atoms with E-state index in [0.717, 1.165) is 24.1 Å². The third-order valence-corrected chi connectivity index (χ3v) is 2.62. The number of carbonyl (C=O) groups is 1. The van der Waals surface area contributed by atoms with Crippen LogP contribution in [0.4, 0.5) is 0 Å². The van der Waals surface area contributed by atoms with Gasteiger partial charge in [0.15, 0.2) is 5.78 Å². The van der Waals surface area contributed by atoms with Crippen molar-refractivity contribution in [3.8, 4) is 0 Å². The van der Waals surface area contributed by atoms with E-state index in [-0.39, 0.29) is 5.78 Å². The van der Waals surface area contributed by atoms with Gasteiger partial charge in [-0.1, -0.05) is 26.7 Å². The predicted molar refractivity (Wildman–Crippen MR) is 62.0 cm³/mol. The van der Waals surface area contributed by atoms with Gasteiger partial charge in [0.2, 0.25) is 0 Å². The van der Waals surface area contributed by atoms with E-state index < -0.39 is 0 Å². The van der Waals surface area contributed by atoms with Crippen LogP contribution >= 0.6 is 0 Å². The Labute approximate surface area is 91.7 Å². The summed E-state index contributed by atoms with van der Waals surface area (Å²) in [5.74, 6) is 0.698. The molecule has 0 aromatic carbocycles. The summed E-state index contributed by atoms with van der Waals surface area (Å²) in [6.07, 6.45) is 4.62. The number of Topliss-reactive ketones (excluding diaryl/α,β-unsaturated/α-hetero) is 1. The van der Waals surface area contributed by atoms with Gasteiger partial charge in [0, 0.05) is 23.9 Å². The molecule has 0 bridgehead atoms.